The third-order valence-electron chi connectivity index (χ3n) is 8.49. The number of nitrogens with one attached hydrogen (secondary N) is 2. The highest BCUT2D eigenvalue weighted by Gasteiger charge is 2.13. The fourth-order valence-electron chi connectivity index (χ4n) is 5.75. The van der Waals surface area contributed by atoms with Gasteiger partial charge in [-0.05, 0) is 71.0 Å². The maximum atomic E-state index is 13.8. The molecule has 45 heavy (non-hydrogen) atoms. The Morgan fingerprint density at radius 2 is 1.53 bits per heavy atom. The number of fused-ring (bicyclic) bond motifs is 1. The van der Waals surface area contributed by atoms with Crippen LogP contribution in [-0.2, 0) is 14.3 Å². The number of anilines is 1. The second-order valence-corrected chi connectivity index (χ2v) is 12.4. The second kappa shape index (κ2) is 25.6. The summed E-state index contributed by atoms with van der Waals surface area (Å²) in [6.45, 7) is 8.10. The zero-order valence-corrected chi connectivity index (χ0v) is 28.3. The Morgan fingerprint density at radius 3 is 2.24 bits per heavy atom. The third kappa shape index (κ3) is 18.2. The predicted molar refractivity (Wildman–Crippen MR) is 181 cm³/mol. The van der Waals surface area contributed by atoms with Crippen LogP contribution in [0.5, 0.6) is 0 Å². The summed E-state index contributed by atoms with van der Waals surface area (Å²) in [5.74, 6) is 0.417. The average molecular weight is 633 g/mol. The van der Waals surface area contributed by atoms with Gasteiger partial charge in [0.25, 0.3) is 0 Å². The minimum atomic E-state index is -0.780. The molecule has 2 heterocycles. The number of aromatic nitrogens is 4. The van der Waals surface area contributed by atoms with Gasteiger partial charge in [-0.15, -0.1) is 0 Å². The lowest BCUT2D eigenvalue weighted by Crippen LogP contribution is -2.28. The molecule has 0 aliphatic rings. The number of unbranched alkanes of at least 4 members (excludes halogenated alkanes) is 14. The maximum absolute atomic E-state index is 13.8. The normalized spacial score (nSPS) is 12.2. The fourth-order valence-corrected chi connectivity index (χ4v) is 5.75. The summed E-state index contributed by atoms with van der Waals surface area (Å²) in [5.41, 5.74) is 0.944. The first-order chi connectivity index (χ1) is 22.1. The van der Waals surface area contributed by atoms with E-state index in [0.717, 1.165) is 103 Å². The van der Waals surface area contributed by atoms with Crippen molar-refractivity contribution in [2.24, 2.45) is 0 Å². The van der Waals surface area contributed by atoms with Crippen molar-refractivity contribution in [1.82, 2.24) is 24.8 Å². The van der Waals surface area contributed by atoms with E-state index in [1.807, 2.05) is 0 Å². The number of hydrogen-bond acceptors (Lipinski definition) is 8. The quantitative estimate of drug-likeness (QED) is 0.0381. The first-order valence-corrected chi connectivity index (χ1v) is 18.0. The summed E-state index contributed by atoms with van der Waals surface area (Å²) in [6.07, 6.45) is 24.4. The van der Waals surface area contributed by atoms with Crippen LogP contribution in [0.3, 0.4) is 0 Å². The molecule has 0 saturated heterocycles. The molecule has 0 saturated carbocycles. The van der Waals surface area contributed by atoms with Crippen LogP contribution in [-0.4, -0.2) is 69.4 Å². The predicted octanol–water partition coefficient (Wildman–Crippen LogP) is 8.55. The number of carbonyl (C=O) groups is 2. The Morgan fingerprint density at radius 1 is 0.889 bits per heavy atom. The second-order valence-electron chi connectivity index (χ2n) is 12.4. The van der Waals surface area contributed by atoms with Gasteiger partial charge in [0.1, 0.15) is 17.9 Å². The molecular weight excluding hydrogens is 571 g/mol. The number of carbonyl (C=O) groups excluding carboxylic acids is 2. The number of halogens is 1. The minimum absolute atomic E-state index is 0.0308. The van der Waals surface area contributed by atoms with Crippen LogP contribution in [0.2, 0.25) is 0 Å². The van der Waals surface area contributed by atoms with Crippen molar-refractivity contribution in [3.05, 3.63) is 12.4 Å². The molecule has 0 aliphatic heterocycles. The van der Waals surface area contributed by atoms with Gasteiger partial charge in [0.05, 0.1) is 6.33 Å². The van der Waals surface area contributed by atoms with Crippen molar-refractivity contribution < 1.29 is 18.7 Å². The lowest BCUT2D eigenvalue weighted by molar-refractivity contribution is -0.149. The molecule has 0 amide bonds. The number of ether oxygens (including phenoxy) is 1. The Bertz CT molecular complexity index is 1040. The molecule has 0 aliphatic carbocycles. The molecule has 1 unspecified atom stereocenters. The summed E-state index contributed by atoms with van der Waals surface area (Å²) in [7, 11) is 0. The third-order valence-corrected chi connectivity index (χ3v) is 8.49. The van der Waals surface area contributed by atoms with E-state index in [9.17, 15) is 14.0 Å². The van der Waals surface area contributed by atoms with Gasteiger partial charge in [-0.3, -0.25) is 4.79 Å². The van der Waals surface area contributed by atoms with Gasteiger partial charge in [-0.1, -0.05) is 84.5 Å². The average Bonchev–Trinajstić information content (AvgIpc) is 3.51. The first-order valence-electron chi connectivity index (χ1n) is 18.0. The highest BCUT2D eigenvalue weighted by atomic mass is 19.1. The van der Waals surface area contributed by atoms with Gasteiger partial charge in [-0.25, -0.2) is 4.98 Å². The van der Waals surface area contributed by atoms with Gasteiger partial charge in [0, 0.05) is 19.4 Å². The van der Waals surface area contributed by atoms with Gasteiger partial charge in [-0.2, -0.15) is 14.4 Å². The number of H-pyrrole nitrogens is 1. The van der Waals surface area contributed by atoms with E-state index < -0.39 is 6.08 Å². The fraction of sp³-hybridized carbons (Fsp3) is 0.800. The molecule has 1 atom stereocenters. The van der Waals surface area contributed by atoms with Gasteiger partial charge < -0.3 is 24.7 Å². The highest BCUT2D eigenvalue weighted by molar-refractivity contribution is 5.81. The van der Waals surface area contributed by atoms with Crippen LogP contribution in [0.4, 0.5) is 10.2 Å². The molecule has 2 aromatic rings. The van der Waals surface area contributed by atoms with Crippen molar-refractivity contribution in [2.75, 3.05) is 31.5 Å². The molecule has 0 fully saturated rings. The van der Waals surface area contributed by atoms with Crippen LogP contribution in [0.15, 0.2) is 6.33 Å². The number of aldehydes is 1. The Kier molecular flexibility index (Phi) is 21.9. The SMILES string of the molecule is CCCCCCCCC(CC)OC(=O)CCCCCCCN(CCCCCCCC=O)CCCNc1nc(F)nc2nc[nH]c12. The molecule has 2 N–H and O–H groups in total. The Labute approximate surface area is 271 Å². The van der Waals surface area contributed by atoms with E-state index in [4.69, 9.17) is 4.74 Å². The molecule has 10 heteroatoms. The number of aromatic amines is 1. The largest absolute Gasteiger partial charge is 0.462 e. The summed E-state index contributed by atoms with van der Waals surface area (Å²) < 4.78 is 19.5. The topological polar surface area (TPSA) is 113 Å². The summed E-state index contributed by atoms with van der Waals surface area (Å²) in [6, 6.07) is 0. The van der Waals surface area contributed by atoms with Gasteiger partial charge in [0.2, 0.25) is 0 Å². The number of esters is 1. The summed E-state index contributed by atoms with van der Waals surface area (Å²) in [4.78, 5) is 40.0. The Balaban J connectivity index is 1.62. The standard InChI is InChI=1S/C35H61FN6O3/c1-3-5-6-7-11-16-22-30(4-2)45-31(44)23-17-12-10-14-19-26-42(25-18-13-8-9-15-20-28-43)27-21-24-37-33-32-34(39-29-38-32)41-35(36)40-33/h28-30H,3-27H2,1-2H3,(H2,37,38,39,40,41). The summed E-state index contributed by atoms with van der Waals surface area (Å²) >= 11 is 0. The molecule has 0 radical (unpaired) electrons. The summed E-state index contributed by atoms with van der Waals surface area (Å²) in [5, 5.41) is 3.24. The van der Waals surface area contributed by atoms with E-state index in [1.165, 1.54) is 51.3 Å². The molecule has 2 rings (SSSR count). The van der Waals surface area contributed by atoms with E-state index in [-0.39, 0.29) is 12.1 Å². The highest BCUT2D eigenvalue weighted by Crippen LogP contribution is 2.17. The number of nitrogens with zero attached hydrogens (tertiary/aromatic N) is 4. The maximum Gasteiger partial charge on any atom is 0.312 e. The molecular formula is C35H61FN6O3. The van der Waals surface area contributed by atoms with E-state index >= 15 is 0 Å². The molecule has 0 aromatic carbocycles. The van der Waals surface area contributed by atoms with Gasteiger partial charge in [0.15, 0.2) is 11.5 Å². The lowest BCUT2D eigenvalue weighted by atomic mass is 10.1. The van der Waals surface area contributed by atoms with Crippen LogP contribution < -0.4 is 5.32 Å². The van der Waals surface area contributed by atoms with E-state index in [0.29, 0.717) is 36.4 Å². The smallest absolute Gasteiger partial charge is 0.312 e. The first kappa shape index (κ1) is 38.6. The number of imidazole rings is 1. The van der Waals surface area contributed by atoms with Crippen molar-refractivity contribution in [1.29, 1.82) is 0 Å². The van der Waals surface area contributed by atoms with Crippen LogP contribution >= 0.6 is 0 Å². The molecule has 9 nitrogen and oxygen atoms in total. The van der Waals surface area contributed by atoms with E-state index in [2.05, 4.69) is 44.0 Å². The molecule has 0 bridgehead atoms. The zero-order valence-electron chi connectivity index (χ0n) is 28.3. The van der Waals surface area contributed by atoms with Crippen LogP contribution in [0.25, 0.3) is 11.2 Å². The zero-order chi connectivity index (χ0) is 32.4. The Hall–Kier alpha value is -2.62. The van der Waals surface area contributed by atoms with Crippen molar-refractivity contribution in [2.45, 2.75) is 155 Å². The molecule has 256 valence electrons. The monoisotopic (exact) mass is 632 g/mol. The van der Waals surface area contributed by atoms with E-state index in [1.54, 1.807) is 0 Å². The molecule has 0 spiro atoms. The van der Waals surface area contributed by atoms with Crippen molar-refractivity contribution >= 4 is 29.2 Å². The lowest BCUT2D eigenvalue weighted by Gasteiger charge is -2.22. The minimum Gasteiger partial charge on any atom is -0.462 e. The number of rotatable bonds is 30. The van der Waals surface area contributed by atoms with Crippen LogP contribution in [0, 0.1) is 6.08 Å². The van der Waals surface area contributed by atoms with Crippen molar-refractivity contribution in [3.8, 4) is 0 Å². The van der Waals surface area contributed by atoms with Crippen LogP contribution in [0.1, 0.15) is 149 Å². The van der Waals surface area contributed by atoms with Gasteiger partial charge >= 0.3 is 12.0 Å². The number of hydrogen-bond donors (Lipinski definition) is 2. The molecule has 2 aromatic heterocycles. The van der Waals surface area contributed by atoms with Crippen molar-refractivity contribution in [3.63, 3.8) is 0 Å².